The van der Waals surface area contributed by atoms with Gasteiger partial charge in [-0.05, 0) is 97.6 Å². The van der Waals surface area contributed by atoms with Crippen LogP contribution in [0.15, 0.2) is 182 Å². The van der Waals surface area contributed by atoms with Crippen LogP contribution in [-0.4, -0.2) is 4.57 Å². The van der Waals surface area contributed by atoms with E-state index in [9.17, 15) is 0 Å². The number of rotatable bonds is 3. The molecule has 0 fully saturated rings. The minimum atomic E-state index is -0.458. The van der Waals surface area contributed by atoms with Gasteiger partial charge in [-0.15, -0.1) is 0 Å². The Hall–Kier alpha value is -6.64. The number of aromatic nitrogens is 1. The van der Waals surface area contributed by atoms with E-state index in [0.717, 1.165) is 16.8 Å². The smallest absolute Gasteiger partial charge is 0.0732 e. The van der Waals surface area contributed by atoms with Crippen molar-refractivity contribution in [3.8, 4) is 50.2 Å². The Labute approximate surface area is 296 Å². The maximum absolute atomic E-state index is 7.06. The number of benzene rings is 8. The van der Waals surface area contributed by atoms with Crippen LogP contribution in [0, 0.1) is 0 Å². The van der Waals surface area contributed by atoms with Crippen LogP contribution in [0.4, 0.5) is 5.69 Å². The molecule has 2 aliphatic rings. The number of fused-ring (bicyclic) bond motifs is 13. The highest BCUT2D eigenvalue weighted by molar-refractivity contribution is 6.10. The minimum Gasteiger partial charge on any atom is -0.398 e. The van der Waals surface area contributed by atoms with Gasteiger partial charge in [-0.25, -0.2) is 0 Å². The first-order valence-corrected chi connectivity index (χ1v) is 17.6. The van der Waals surface area contributed by atoms with E-state index in [1.54, 1.807) is 0 Å². The van der Waals surface area contributed by atoms with Crippen molar-refractivity contribution in [1.82, 2.24) is 4.57 Å². The van der Waals surface area contributed by atoms with Crippen LogP contribution in [0.5, 0.6) is 0 Å². The van der Waals surface area contributed by atoms with Crippen molar-refractivity contribution in [2.24, 2.45) is 0 Å². The summed E-state index contributed by atoms with van der Waals surface area (Å²) in [5.74, 6) is 0. The monoisotopic (exact) mass is 648 g/mol. The van der Waals surface area contributed by atoms with Crippen LogP contribution in [0.3, 0.4) is 0 Å². The van der Waals surface area contributed by atoms with Gasteiger partial charge in [0.2, 0.25) is 0 Å². The van der Waals surface area contributed by atoms with Crippen LogP contribution < -0.4 is 5.73 Å². The summed E-state index contributed by atoms with van der Waals surface area (Å²) in [5, 5.41) is 2.50. The number of nitrogen functional groups attached to an aromatic ring is 1. The molecule has 0 atom stereocenters. The molecule has 8 aromatic carbocycles. The second-order valence-electron chi connectivity index (χ2n) is 13.8. The van der Waals surface area contributed by atoms with Gasteiger partial charge in [0, 0.05) is 27.7 Å². The van der Waals surface area contributed by atoms with Gasteiger partial charge in [-0.3, -0.25) is 0 Å². The maximum Gasteiger partial charge on any atom is 0.0732 e. The van der Waals surface area contributed by atoms with Crippen LogP contribution in [0.25, 0.3) is 72.0 Å². The molecule has 1 heterocycles. The molecule has 2 heteroatoms. The van der Waals surface area contributed by atoms with E-state index < -0.39 is 5.41 Å². The van der Waals surface area contributed by atoms with Crippen LogP contribution in [0.1, 0.15) is 22.3 Å². The first kappa shape index (κ1) is 28.2. The lowest BCUT2D eigenvalue weighted by atomic mass is 9.68. The lowest BCUT2D eigenvalue weighted by Crippen LogP contribution is -2.27. The molecule has 51 heavy (non-hydrogen) atoms. The van der Waals surface area contributed by atoms with Gasteiger partial charge in [0.1, 0.15) is 0 Å². The molecule has 0 radical (unpaired) electrons. The highest BCUT2D eigenvalue weighted by atomic mass is 15.0. The Morgan fingerprint density at radius 3 is 1.61 bits per heavy atom. The fourth-order valence-electron chi connectivity index (χ4n) is 9.36. The van der Waals surface area contributed by atoms with E-state index in [1.807, 2.05) is 0 Å². The summed E-state index contributed by atoms with van der Waals surface area (Å²) in [7, 11) is 0. The van der Waals surface area contributed by atoms with E-state index in [4.69, 9.17) is 5.73 Å². The number of para-hydroxylation sites is 2. The molecule has 2 N–H and O–H groups in total. The largest absolute Gasteiger partial charge is 0.398 e. The minimum absolute atomic E-state index is 0.458. The van der Waals surface area contributed by atoms with Gasteiger partial charge < -0.3 is 10.3 Å². The fraction of sp³-hybridized carbons (Fsp3) is 0.0204. The molecule has 0 saturated carbocycles. The Bertz CT molecular complexity index is 2790. The molecule has 9 aromatic rings. The Morgan fingerprint density at radius 2 is 0.922 bits per heavy atom. The molecule has 11 rings (SSSR count). The third kappa shape index (κ3) is 3.71. The average molecular weight is 649 g/mol. The Kier molecular flexibility index (Phi) is 5.77. The summed E-state index contributed by atoms with van der Waals surface area (Å²) in [5.41, 5.74) is 26.0. The molecule has 1 spiro atoms. The van der Waals surface area contributed by atoms with Crippen molar-refractivity contribution in [3.05, 3.63) is 204 Å². The molecule has 0 aliphatic heterocycles. The van der Waals surface area contributed by atoms with E-state index in [2.05, 4.69) is 187 Å². The standard InChI is InChI=1S/C49H32N2/c50-44-28-27-39-37-16-6-10-20-43(37)49(41-18-8-4-14-35(41)36-15-5-9-19-42(36)49)48(39)47(44)32-24-22-31(23-25-32)33-26-29-46-40(30-33)38-17-7-11-21-45(38)51(46)34-12-2-1-3-13-34/h1-30H,50H2. The molecule has 0 saturated heterocycles. The Balaban J connectivity index is 1.10. The fourth-order valence-corrected chi connectivity index (χ4v) is 9.36. The summed E-state index contributed by atoms with van der Waals surface area (Å²) in [6.07, 6.45) is 0. The average Bonchev–Trinajstić information content (AvgIpc) is 3.80. The van der Waals surface area contributed by atoms with Crippen LogP contribution in [-0.2, 0) is 5.41 Å². The topological polar surface area (TPSA) is 30.9 Å². The van der Waals surface area contributed by atoms with E-state index >= 15 is 0 Å². The first-order chi connectivity index (χ1) is 25.2. The van der Waals surface area contributed by atoms with Crippen molar-refractivity contribution >= 4 is 27.5 Å². The third-order valence-electron chi connectivity index (χ3n) is 11.4. The number of hydrogen-bond acceptors (Lipinski definition) is 1. The number of nitrogens with zero attached hydrogens (tertiary/aromatic N) is 1. The normalized spacial score (nSPS) is 13.3. The molecule has 2 aliphatic carbocycles. The summed E-state index contributed by atoms with van der Waals surface area (Å²) >= 11 is 0. The molecule has 0 unspecified atom stereocenters. The zero-order valence-corrected chi connectivity index (χ0v) is 27.8. The second kappa shape index (κ2) is 10.4. The molecule has 2 nitrogen and oxygen atoms in total. The zero-order valence-electron chi connectivity index (χ0n) is 27.8. The maximum atomic E-state index is 7.06. The van der Waals surface area contributed by atoms with Gasteiger partial charge in [0.05, 0.1) is 16.4 Å². The van der Waals surface area contributed by atoms with Crippen molar-refractivity contribution in [1.29, 1.82) is 0 Å². The molecule has 0 amide bonds. The van der Waals surface area contributed by atoms with Crippen molar-refractivity contribution in [2.75, 3.05) is 5.73 Å². The zero-order chi connectivity index (χ0) is 33.7. The van der Waals surface area contributed by atoms with Gasteiger partial charge in [0.15, 0.2) is 0 Å². The van der Waals surface area contributed by atoms with E-state index in [-0.39, 0.29) is 0 Å². The van der Waals surface area contributed by atoms with E-state index in [1.165, 1.54) is 83.1 Å². The molecule has 1 aromatic heterocycles. The lowest BCUT2D eigenvalue weighted by molar-refractivity contribution is 0.796. The van der Waals surface area contributed by atoms with E-state index in [0.29, 0.717) is 0 Å². The SMILES string of the molecule is Nc1ccc2c(c1-c1ccc(-c3ccc4c(c3)c3ccccc3n4-c3ccccc3)cc1)C1(c3ccccc3-c3ccccc31)c1ccccc1-2. The number of anilines is 1. The van der Waals surface area contributed by atoms with Gasteiger partial charge in [-0.2, -0.15) is 0 Å². The van der Waals surface area contributed by atoms with Gasteiger partial charge in [0.25, 0.3) is 0 Å². The molecular formula is C49H32N2. The quantitative estimate of drug-likeness (QED) is 0.190. The van der Waals surface area contributed by atoms with Crippen LogP contribution >= 0.6 is 0 Å². The first-order valence-electron chi connectivity index (χ1n) is 17.6. The lowest BCUT2D eigenvalue weighted by Gasteiger charge is -2.32. The van der Waals surface area contributed by atoms with Crippen molar-refractivity contribution in [2.45, 2.75) is 5.41 Å². The van der Waals surface area contributed by atoms with Gasteiger partial charge in [-0.1, -0.05) is 146 Å². The third-order valence-corrected chi connectivity index (χ3v) is 11.4. The molecule has 0 bridgehead atoms. The summed E-state index contributed by atoms with van der Waals surface area (Å²) in [6.45, 7) is 0. The van der Waals surface area contributed by atoms with Crippen molar-refractivity contribution < 1.29 is 0 Å². The number of nitrogens with two attached hydrogens (primary N) is 1. The Morgan fingerprint density at radius 1 is 0.392 bits per heavy atom. The number of hydrogen-bond donors (Lipinski definition) is 1. The van der Waals surface area contributed by atoms with Crippen LogP contribution in [0.2, 0.25) is 0 Å². The molecular weight excluding hydrogens is 617 g/mol. The predicted octanol–water partition coefficient (Wildman–Crippen LogP) is 12.0. The summed E-state index contributed by atoms with van der Waals surface area (Å²) < 4.78 is 2.36. The highest BCUT2D eigenvalue weighted by Gasteiger charge is 2.52. The summed E-state index contributed by atoms with van der Waals surface area (Å²) in [4.78, 5) is 0. The molecule has 238 valence electrons. The summed E-state index contributed by atoms with van der Waals surface area (Å²) in [6, 6.07) is 66.4. The second-order valence-corrected chi connectivity index (χ2v) is 13.8. The van der Waals surface area contributed by atoms with Crippen molar-refractivity contribution in [3.63, 3.8) is 0 Å². The predicted molar refractivity (Wildman–Crippen MR) is 212 cm³/mol. The van der Waals surface area contributed by atoms with Gasteiger partial charge >= 0.3 is 0 Å². The highest BCUT2D eigenvalue weighted by Crippen LogP contribution is 2.65.